The highest BCUT2D eigenvalue weighted by Crippen LogP contribution is 2.25. The summed E-state index contributed by atoms with van der Waals surface area (Å²) in [5.74, 6) is -1.21. The third-order valence-corrected chi connectivity index (χ3v) is 5.41. The van der Waals surface area contributed by atoms with Gasteiger partial charge in [-0.15, -0.1) is 0 Å². The zero-order valence-corrected chi connectivity index (χ0v) is 15.0. The quantitative estimate of drug-likeness (QED) is 0.739. The number of hydrogen-bond donors (Lipinski definition) is 1. The van der Waals surface area contributed by atoms with Crippen molar-refractivity contribution in [2.75, 3.05) is 4.72 Å². The van der Waals surface area contributed by atoms with E-state index in [0.717, 1.165) is 6.07 Å². The summed E-state index contributed by atoms with van der Waals surface area (Å²) in [6, 6.07) is 11.4. The van der Waals surface area contributed by atoms with Crippen LogP contribution in [0.25, 0.3) is 0 Å². The molecule has 8 heteroatoms. The average molecular weight is 377 g/mol. The van der Waals surface area contributed by atoms with Gasteiger partial charge >= 0.3 is 0 Å². The molecule has 0 aliphatic rings. The summed E-state index contributed by atoms with van der Waals surface area (Å²) in [4.78, 5) is -0.444. The van der Waals surface area contributed by atoms with Crippen LogP contribution in [0.2, 0.25) is 0 Å². The van der Waals surface area contributed by atoms with Crippen molar-refractivity contribution >= 4 is 15.7 Å². The number of anilines is 1. The van der Waals surface area contributed by atoms with Crippen molar-refractivity contribution in [1.29, 1.82) is 0 Å². The number of aryl methyl sites for hydroxylation is 1. The van der Waals surface area contributed by atoms with Crippen LogP contribution in [0.4, 0.5) is 14.5 Å². The maximum Gasteiger partial charge on any atom is 0.264 e. The summed E-state index contributed by atoms with van der Waals surface area (Å²) in [5, 5.41) is 4.28. The Morgan fingerprint density at radius 3 is 2.27 bits per heavy atom. The first-order valence-corrected chi connectivity index (χ1v) is 9.32. The van der Waals surface area contributed by atoms with E-state index in [1.807, 2.05) is 0 Å². The number of rotatable bonds is 5. The van der Waals surface area contributed by atoms with Gasteiger partial charge in [0.15, 0.2) is 0 Å². The van der Waals surface area contributed by atoms with Gasteiger partial charge in [0.25, 0.3) is 10.0 Å². The molecule has 0 aliphatic carbocycles. The highest BCUT2D eigenvalue weighted by atomic mass is 32.2. The van der Waals surface area contributed by atoms with Crippen LogP contribution in [0.3, 0.4) is 0 Å². The van der Waals surface area contributed by atoms with Gasteiger partial charge in [-0.25, -0.2) is 17.2 Å². The van der Waals surface area contributed by atoms with Crippen molar-refractivity contribution in [3.8, 4) is 0 Å². The fourth-order valence-electron chi connectivity index (χ4n) is 2.64. The van der Waals surface area contributed by atoms with Gasteiger partial charge in [0.1, 0.15) is 16.5 Å². The Hall–Kier alpha value is -2.74. The monoisotopic (exact) mass is 377 g/mol. The van der Waals surface area contributed by atoms with Gasteiger partial charge in [-0.2, -0.15) is 5.10 Å². The number of nitrogens with one attached hydrogen (secondary N) is 1. The van der Waals surface area contributed by atoms with Crippen LogP contribution in [0, 0.1) is 25.5 Å². The molecule has 0 spiro atoms. The van der Waals surface area contributed by atoms with Gasteiger partial charge in [-0.3, -0.25) is 9.40 Å². The molecule has 0 amide bonds. The summed E-state index contributed by atoms with van der Waals surface area (Å²) in [7, 11) is -4.11. The first kappa shape index (κ1) is 18.1. The molecule has 136 valence electrons. The fraction of sp³-hybridized carbons (Fsp3) is 0.167. The van der Waals surface area contributed by atoms with E-state index in [4.69, 9.17) is 0 Å². The number of hydrogen-bond acceptors (Lipinski definition) is 3. The number of benzene rings is 2. The smallest absolute Gasteiger partial charge is 0.264 e. The van der Waals surface area contributed by atoms with E-state index in [0.29, 0.717) is 17.0 Å². The second kappa shape index (κ2) is 6.87. The number of aromatic nitrogens is 2. The Bertz CT molecular complexity index is 1060. The van der Waals surface area contributed by atoms with Crippen molar-refractivity contribution in [2.24, 2.45) is 0 Å². The molecule has 1 heterocycles. The van der Waals surface area contributed by atoms with E-state index in [2.05, 4.69) is 9.82 Å². The van der Waals surface area contributed by atoms with E-state index >= 15 is 0 Å². The summed E-state index contributed by atoms with van der Waals surface area (Å²) in [6.07, 6.45) is 0. The van der Waals surface area contributed by atoms with Gasteiger partial charge in [0.05, 0.1) is 23.6 Å². The molecule has 5 nitrogen and oxygen atoms in total. The van der Waals surface area contributed by atoms with Crippen LogP contribution < -0.4 is 4.72 Å². The largest absolute Gasteiger partial charge is 0.276 e. The molecule has 0 aliphatic heterocycles. The zero-order chi connectivity index (χ0) is 18.9. The van der Waals surface area contributed by atoms with Crippen LogP contribution in [0.5, 0.6) is 0 Å². The lowest BCUT2D eigenvalue weighted by Gasteiger charge is -2.10. The van der Waals surface area contributed by atoms with Crippen molar-refractivity contribution < 1.29 is 17.2 Å². The highest BCUT2D eigenvalue weighted by molar-refractivity contribution is 7.92. The minimum atomic E-state index is -4.11. The lowest BCUT2D eigenvalue weighted by atomic mass is 10.2. The normalized spacial score (nSPS) is 11.5. The molecule has 0 fully saturated rings. The molecule has 1 N–H and O–H groups in total. The second-order valence-corrected chi connectivity index (χ2v) is 7.48. The van der Waals surface area contributed by atoms with Crippen LogP contribution in [0.15, 0.2) is 53.4 Å². The van der Waals surface area contributed by atoms with Crippen molar-refractivity contribution in [3.05, 3.63) is 77.1 Å². The Morgan fingerprint density at radius 1 is 1.00 bits per heavy atom. The van der Waals surface area contributed by atoms with E-state index in [1.54, 1.807) is 32.0 Å². The van der Waals surface area contributed by atoms with Gasteiger partial charge in [-0.05, 0) is 32.0 Å². The van der Waals surface area contributed by atoms with Crippen molar-refractivity contribution in [2.45, 2.75) is 25.3 Å². The molecule has 26 heavy (non-hydrogen) atoms. The second-order valence-electron chi connectivity index (χ2n) is 5.83. The van der Waals surface area contributed by atoms with Crippen LogP contribution in [-0.4, -0.2) is 18.2 Å². The molecule has 0 atom stereocenters. The molecule has 0 saturated carbocycles. The molecule has 0 radical (unpaired) electrons. The maximum atomic E-state index is 13.9. The standard InChI is InChI=1S/C18H17F2N3O2S/c1-12-18(22-26(24,25)17-10-6-5-9-16(17)20)13(2)23(21-12)11-14-7-3-4-8-15(14)19/h3-10,22H,11H2,1-2H3. The predicted molar refractivity (Wildman–Crippen MR) is 94.4 cm³/mol. The summed E-state index contributed by atoms with van der Waals surface area (Å²) >= 11 is 0. The number of halogens is 2. The van der Waals surface area contributed by atoms with E-state index < -0.39 is 20.7 Å². The maximum absolute atomic E-state index is 13.9. The molecule has 3 aromatic rings. The lowest BCUT2D eigenvalue weighted by Crippen LogP contribution is -2.15. The Balaban J connectivity index is 1.94. The molecular weight excluding hydrogens is 360 g/mol. The summed E-state index contributed by atoms with van der Waals surface area (Å²) in [5.41, 5.74) is 1.61. The SMILES string of the molecule is Cc1nn(Cc2ccccc2F)c(C)c1NS(=O)(=O)c1ccccc1F. The van der Waals surface area contributed by atoms with E-state index in [-0.39, 0.29) is 18.0 Å². The van der Waals surface area contributed by atoms with E-state index in [1.165, 1.54) is 28.9 Å². The number of nitrogens with zero attached hydrogens (tertiary/aromatic N) is 2. The zero-order valence-electron chi connectivity index (χ0n) is 14.2. The molecule has 0 bridgehead atoms. The summed E-state index contributed by atoms with van der Waals surface area (Å²) < 4.78 is 56.6. The minimum absolute atomic E-state index is 0.154. The predicted octanol–water partition coefficient (Wildman–Crippen LogP) is 3.63. The van der Waals surface area contributed by atoms with Gasteiger partial charge in [0, 0.05) is 5.56 Å². The van der Waals surface area contributed by atoms with Gasteiger partial charge in [0.2, 0.25) is 0 Å². The Morgan fingerprint density at radius 2 is 1.62 bits per heavy atom. The third-order valence-electron chi connectivity index (χ3n) is 4.02. The Labute approximate surface area is 150 Å². The third kappa shape index (κ3) is 3.45. The van der Waals surface area contributed by atoms with Crippen LogP contribution >= 0.6 is 0 Å². The molecule has 1 aromatic heterocycles. The topological polar surface area (TPSA) is 64.0 Å². The molecule has 0 unspecified atom stereocenters. The van der Waals surface area contributed by atoms with Crippen LogP contribution in [-0.2, 0) is 16.6 Å². The molecule has 3 rings (SSSR count). The first-order chi connectivity index (χ1) is 12.3. The van der Waals surface area contributed by atoms with Crippen molar-refractivity contribution in [3.63, 3.8) is 0 Å². The highest BCUT2D eigenvalue weighted by Gasteiger charge is 2.22. The first-order valence-electron chi connectivity index (χ1n) is 7.84. The number of sulfonamides is 1. The molecular formula is C18H17F2N3O2S. The lowest BCUT2D eigenvalue weighted by molar-refractivity contribution is 0.570. The van der Waals surface area contributed by atoms with Crippen molar-refractivity contribution in [1.82, 2.24) is 9.78 Å². The van der Waals surface area contributed by atoms with Gasteiger partial charge < -0.3 is 0 Å². The van der Waals surface area contributed by atoms with Crippen LogP contribution in [0.1, 0.15) is 17.0 Å². The summed E-state index contributed by atoms with van der Waals surface area (Å²) in [6.45, 7) is 3.45. The molecule has 2 aromatic carbocycles. The minimum Gasteiger partial charge on any atom is -0.276 e. The van der Waals surface area contributed by atoms with E-state index in [9.17, 15) is 17.2 Å². The Kier molecular flexibility index (Phi) is 4.78. The average Bonchev–Trinajstić information content (AvgIpc) is 2.84. The molecule has 0 saturated heterocycles. The van der Waals surface area contributed by atoms with Gasteiger partial charge in [-0.1, -0.05) is 30.3 Å². The fourth-order valence-corrected chi connectivity index (χ4v) is 3.90.